The molecule has 0 aliphatic heterocycles. The minimum absolute atomic E-state index is 0.0969. The van der Waals surface area contributed by atoms with Crippen LogP contribution in [0.5, 0.6) is 0 Å². The van der Waals surface area contributed by atoms with E-state index in [4.69, 9.17) is 16.1 Å². The standard InChI is InChI=1S/C14H9ClF3N3O/c15-11-7-9(5-6-19-11)13-20-12(21-22-13)8-1-3-10(4-2-8)14(16,17)18/h1,3,5-7H,2,4H2. The van der Waals surface area contributed by atoms with Crippen LogP contribution in [0.4, 0.5) is 13.2 Å². The fourth-order valence-electron chi connectivity index (χ4n) is 2.07. The van der Waals surface area contributed by atoms with Crippen LogP contribution in [0.2, 0.25) is 5.15 Å². The van der Waals surface area contributed by atoms with Crippen molar-refractivity contribution in [3.05, 3.63) is 47.0 Å². The Kier molecular flexibility index (Phi) is 3.74. The Balaban J connectivity index is 1.86. The average Bonchev–Trinajstić information content (AvgIpc) is 2.96. The molecule has 2 aromatic rings. The number of pyridine rings is 1. The maximum atomic E-state index is 12.6. The Morgan fingerprint density at radius 1 is 1.18 bits per heavy atom. The van der Waals surface area contributed by atoms with Gasteiger partial charge in [-0.3, -0.25) is 0 Å². The number of halogens is 4. The molecule has 0 unspecified atom stereocenters. The van der Waals surface area contributed by atoms with Gasteiger partial charge in [0.25, 0.3) is 5.89 Å². The molecule has 0 radical (unpaired) electrons. The second-order valence-corrected chi connectivity index (χ2v) is 5.06. The highest BCUT2D eigenvalue weighted by molar-refractivity contribution is 6.29. The van der Waals surface area contributed by atoms with E-state index in [1.165, 1.54) is 12.3 Å². The summed E-state index contributed by atoms with van der Waals surface area (Å²) >= 11 is 5.78. The second-order valence-electron chi connectivity index (χ2n) is 4.67. The smallest absolute Gasteiger partial charge is 0.334 e. The summed E-state index contributed by atoms with van der Waals surface area (Å²) in [5.41, 5.74) is 0.644. The first-order chi connectivity index (χ1) is 10.4. The second kappa shape index (κ2) is 5.57. The summed E-state index contributed by atoms with van der Waals surface area (Å²) in [5, 5.41) is 4.09. The number of nitrogens with zero attached hydrogens (tertiary/aromatic N) is 3. The van der Waals surface area contributed by atoms with Crippen LogP contribution in [-0.4, -0.2) is 21.3 Å². The lowest BCUT2D eigenvalue weighted by atomic mass is 9.98. The van der Waals surface area contributed by atoms with Gasteiger partial charge in [0.1, 0.15) is 5.15 Å². The van der Waals surface area contributed by atoms with E-state index >= 15 is 0 Å². The third-order valence-corrected chi connectivity index (χ3v) is 3.41. The van der Waals surface area contributed by atoms with Gasteiger partial charge in [0.2, 0.25) is 0 Å². The number of alkyl halides is 3. The zero-order valence-corrected chi connectivity index (χ0v) is 11.8. The molecule has 114 valence electrons. The van der Waals surface area contributed by atoms with Gasteiger partial charge in [-0.15, -0.1) is 0 Å². The van der Waals surface area contributed by atoms with Crippen LogP contribution in [0.15, 0.2) is 40.6 Å². The highest BCUT2D eigenvalue weighted by Gasteiger charge is 2.34. The molecule has 0 spiro atoms. The number of hydrogen-bond acceptors (Lipinski definition) is 4. The van der Waals surface area contributed by atoms with Crippen molar-refractivity contribution in [3.8, 4) is 11.5 Å². The van der Waals surface area contributed by atoms with Gasteiger partial charge in [0, 0.05) is 22.9 Å². The van der Waals surface area contributed by atoms with Crippen molar-refractivity contribution in [3.63, 3.8) is 0 Å². The van der Waals surface area contributed by atoms with E-state index in [2.05, 4.69) is 15.1 Å². The van der Waals surface area contributed by atoms with Crippen molar-refractivity contribution in [2.45, 2.75) is 19.0 Å². The van der Waals surface area contributed by atoms with Gasteiger partial charge in [-0.25, -0.2) is 4.98 Å². The molecule has 0 bridgehead atoms. The van der Waals surface area contributed by atoms with E-state index < -0.39 is 11.7 Å². The molecule has 3 rings (SSSR count). The minimum atomic E-state index is -4.29. The van der Waals surface area contributed by atoms with Crippen molar-refractivity contribution in [1.82, 2.24) is 15.1 Å². The van der Waals surface area contributed by atoms with Gasteiger partial charge in [0.05, 0.1) is 0 Å². The third kappa shape index (κ3) is 3.04. The third-order valence-electron chi connectivity index (χ3n) is 3.20. The molecule has 0 amide bonds. The monoisotopic (exact) mass is 327 g/mol. The SMILES string of the molecule is FC(F)(F)C1=CC=C(c2noc(-c3ccnc(Cl)c3)n2)CC1. The number of hydrogen-bond donors (Lipinski definition) is 0. The van der Waals surface area contributed by atoms with Crippen LogP contribution >= 0.6 is 11.6 Å². The van der Waals surface area contributed by atoms with Gasteiger partial charge >= 0.3 is 6.18 Å². The van der Waals surface area contributed by atoms with Crippen LogP contribution in [0.1, 0.15) is 18.7 Å². The molecule has 0 fully saturated rings. The number of allylic oxidation sites excluding steroid dienone is 4. The van der Waals surface area contributed by atoms with Crippen molar-refractivity contribution in [2.24, 2.45) is 0 Å². The quantitative estimate of drug-likeness (QED) is 0.765. The fraction of sp³-hybridized carbons (Fsp3) is 0.214. The fourth-order valence-corrected chi connectivity index (χ4v) is 2.24. The van der Waals surface area contributed by atoms with E-state index in [0.29, 0.717) is 11.1 Å². The molecule has 2 aromatic heterocycles. The molecule has 0 saturated heterocycles. The van der Waals surface area contributed by atoms with E-state index in [9.17, 15) is 13.2 Å². The molecule has 0 atom stereocenters. The highest BCUT2D eigenvalue weighted by Crippen LogP contribution is 2.35. The predicted molar refractivity (Wildman–Crippen MR) is 73.9 cm³/mol. The van der Waals surface area contributed by atoms with Crippen LogP contribution in [0.25, 0.3) is 17.0 Å². The zero-order valence-electron chi connectivity index (χ0n) is 11.1. The summed E-state index contributed by atoms with van der Waals surface area (Å²) in [7, 11) is 0. The Labute approximate surface area is 128 Å². The molecule has 0 saturated carbocycles. The lowest BCUT2D eigenvalue weighted by Crippen LogP contribution is -2.13. The summed E-state index contributed by atoms with van der Waals surface area (Å²) < 4.78 is 42.8. The molecule has 2 heterocycles. The normalized spacial score (nSPS) is 15.5. The molecule has 22 heavy (non-hydrogen) atoms. The Morgan fingerprint density at radius 2 is 2.00 bits per heavy atom. The van der Waals surface area contributed by atoms with Crippen LogP contribution in [0, 0.1) is 0 Å². The van der Waals surface area contributed by atoms with Crippen molar-refractivity contribution < 1.29 is 17.7 Å². The van der Waals surface area contributed by atoms with Gasteiger partial charge in [-0.2, -0.15) is 18.2 Å². The predicted octanol–water partition coefficient (Wildman–Crippen LogP) is 4.45. The Bertz CT molecular complexity index is 765. The van der Waals surface area contributed by atoms with Crippen molar-refractivity contribution >= 4 is 17.2 Å². The minimum Gasteiger partial charge on any atom is -0.334 e. The van der Waals surface area contributed by atoms with Gasteiger partial charge in [0.15, 0.2) is 5.82 Å². The van der Waals surface area contributed by atoms with Crippen molar-refractivity contribution in [2.75, 3.05) is 0 Å². The summed E-state index contributed by atoms with van der Waals surface area (Å²) in [6.07, 6.45) is -0.252. The van der Waals surface area contributed by atoms with E-state index in [1.54, 1.807) is 12.1 Å². The number of aromatic nitrogens is 3. The molecular formula is C14H9ClF3N3O. The first-order valence-electron chi connectivity index (χ1n) is 6.36. The highest BCUT2D eigenvalue weighted by atomic mass is 35.5. The summed E-state index contributed by atoms with van der Waals surface area (Å²) in [4.78, 5) is 8.03. The maximum absolute atomic E-state index is 12.6. The largest absolute Gasteiger partial charge is 0.412 e. The molecule has 1 aliphatic rings. The molecular weight excluding hydrogens is 319 g/mol. The lowest BCUT2D eigenvalue weighted by molar-refractivity contribution is -0.0939. The molecule has 1 aliphatic carbocycles. The van der Waals surface area contributed by atoms with E-state index in [-0.39, 0.29) is 29.7 Å². The topological polar surface area (TPSA) is 51.8 Å². The maximum Gasteiger partial charge on any atom is 0.412 e. The average molecular weight is 328 g/mol. The van der Waals surface area contributed by atoms with Gasteiger partial charge < -0.3 is 4.52 Å². The summed E-state index contributed by atoms with van der Waals surface area (Å²) in [6.45, 7) is 0. The van der Waals surface area contributed by atoms with E-state index in [0.717, 1.165) is 6.08 Å². The van der Waals surface area contributed by atoms with Crippen LogP contribution < -0.4 is 0 Å². The van der Waals surface area contributed by atoms with Gasteiger partial charge in [-0.1, -0.05) is 28.9 Å². The summed E-state index contributed by atoms with van der Waals surface area (Å²) in [6, 6.07) is 3.22. The molecule has 0 aromatic carbocycles. The summed E-state index contributed by atoms with van der Waals surface area (Å²) in [5.74, 6) is 0.520. The van der Waals surface area contributed by atoms with Gasteiger partial charge in [-0.05, 0) is 25.0 Å². The van der Waals surface area contributed by atoms with Crippen molar-refractivity contribution in [1.29, 1.82) is 0 Å². The number of rotatable bonds is 2. The Morgan fingerprint density at radius 3 is 2.64 bits per heavy atom. The zero-order chi connectivity index (χ0) is 15.7. The molecule has 0 N–H and O–H groups in total. The lowest BCUT2D eigenvalue weighted by Gasteiger charge is -2.15. The van der Waals surface area contributed by atoms with E-state index in [1.807, 2.05) is 0 Å². The first-order valence-corrected chi connectivity index (χ1v) is 6.74. The van der Waals surface area contributed by atoms with Crippen LogP contribution in [-0.2, 0) is 0 Å². The first kappa shape index (κ1) is 14.8. The molecule has 4 nitrogen and oxygen atoms in total. The van der Waals surface area contributed by atoms with Crippen LogP contribution in [0.3, 0.4) is 0 Å². The Hall–Kier alpha value is -2.15. The molecule has 8 heteroatoms.